The second-order valence-corrected chi connectivity index (χ2v) is 3.35. The molecule has 0 aliphatic rings. The predicted octanol–water partition coefficient (Wildman–Crippen LogP) is -0.565. The highest BCUT2D eigenvalue weighted by Crippen LogP contribution is 2.21. The summed E-state index contributed by atoms with van der Waals surface area (Å²) >= 11 is 0. The van der Waals surface area contributed by atoms with E-state index in [0.29, 0.717) is 0 Å². The second kappa shape index (κ2) is 6.08. The van der Waals surface area contributed by atoms with Gasteiger partial charge in [-0.05, 0) is 6.07 Å². The van der Waals surface area contributed by atoms with E-state index in [1.807, 2.05) is 0 Å². The fraction of sp³-hybridized carbons (Fsp3) is 0.364. The third-order valence-corrected chi connectivity index (χ3v) is 2.28. The minimum atomic E-state index is -1.80. The average Bonchev–Trinajstić information content (AvgIpc) is 2.43. The lowest BCUT2D eigenvalue weighted by Crippen LogP contribution is -2.30. The Labute approximate surface area is 103 Å². The monoisotopic (exact) mass is 255 g/mol. The van der Waals surface area contributed by atoms with E-state index in [1.54, 1.807) is 0 Å². The van der Waals surface area contributed by atoms with Crippen LogP contribution in [0.2, 0.25) is 0 Å². The molecule has 0 aromatic carbocycles. The van der Waals surface area contributed by atoms with Gasteiger partial charge < -0.3 is 19.7 Å². The molecule has 0 bridgehead atoms. The summed E-state index contributed by atoms with van der Waals surface area (Å²) in [5, 5.41) is 19.3. The fourth-order valence-electron chi connectivity index (χ4n) is 1.34. The molecule has 1 aromatic heterocycles. The number of pyridine rings is 1. The number of methoxy groups -OCH3 is 2. The summed E-state index contributed by atoms with van der Waals surface area (Å²) < 4.78 is 8.78. The number of hydrogen-bond donors (Lipinski definition) is 2. The minimum absolute atomic E-state index is 0.0118. The van der Waals surface area contributed by atoms with E-state index in [9.17, 15) is 19.8 Å². The molecule has 0 radical (unpaired) electrons. The van der Waals surface area contributed by atoms with E-state index in [0.717, 1.165) is 14.2 Å². The smallest absolute Gasteiger partial charge is 0.357 e. The molecular weight excluding hydrogens is 242 g/mol. The van der Waals surface area contributed by atoms with Gasteiger partial charge in [0, 0.05) is 11.8 Å². The van der Waals surface area contributed by atoms with Crippen LogP contribution in [0.1, 0.15) is 22.2 Å². The molecule has 2 atom stereocenters. The zero-order valence-corrected chi connectivity index (χ0v) is 9.86. The van der Waals surface area contributed by atoms with Gasteiger partial charge in [-0.2, -0.15) is 0 Å². The number of nitrogens with zero attached hydrogens (tertiary/aromatic N) is 1. The Morgan fingerprint density at radius 2 is 1.94 bits per heavy atom. The Morgan fingerprint density at radius 1 is 1.28 bits per heavy atom. The first-order valence-corrected chi connectivity index (χ1v) is 5.00. The van der Waals surface area contributed by atoms with Crippen LogP contribution >= 0.6 is 0 Å². The molecule has 0 aliphatic heterocycles. The van der Waals surface area contributed by atoms with Crippen molar-refractivity contribution in [1.29, 1.82) is 0 Å². The van der Waals surface area contributed by atoms with Crippen LogP contribution in [0.25, 0.3) is 0 Å². The van der Waals surface area contributed by atoms with Crippen LogP contribution < -0.4 is 0 Å². The highest BCUT2D eigenvalue weighted by molar-refractivity contribution is 5.89. The summed E-state index contributed by atoms with van der Waals surface area (Å²) in [6, 6.07) is 2.81. The number of aromatic nitrogens is 1. The van der Waals surface area contributed by atoms with E-state index < -0.39 is 24.1 Å². The Morgan fingerprint density at radius 3 is 2.50 bits per heavy atom. The van der Waals surface area contributed by atoms with Crippen molar-refractivity contribution < 1.29 is 29.3 Å². The highest BCUT2D eigenvalue weighted by atomic mass is 16.5. The van der Waals surface area contributed by atoms with E-state index in [-0.39, 0.29) is 11.3 Å². The molecule has 0 amide bonds. The molecule has 0 spiro atoms. The van der Waals surface area contributed by atoms with Crippen LogP contribution in [0.3, 0.4) is 0 Å². The highest BCUT2D eigenvalue weighted by Gasteiger charge is 2.30. The molecule has 98 valence electrons. The molecule has 2 unspecified atom stereocenters. The average molecular weight is 255 g/mol. The molecule has 7 nitrogen and oxygen atoms in total. The second-order valence-electron chi connectivity index (χ2n) is 3.35. The molecule has 1 aromatic rings. The van der Waals surface area contributed by atoms with Gasteiger partial charge in [-0.1, -0.05) is 6.07 Å². The zero-order valence-electron chi connectivity index (χ0n) is 9.86. The van der Waals surface area contributed by atoms with Crippen molar-refractivity contribution >= 4 is 11.9 Å². The maximum Gasteiger partial charge on any atom is 0.357 e. The summed E-state index contributed by atoms with van der Waals surface area (Å²) in [4.78, 5) is 26.3. The predicted molar refractivity (Wildman–Crippen MR) is 58.6 cm³/mol. The molecule has 0 saturated heterocycles. The van der Waals surface area contributed by atoms with Crippen LogP contribution in [0.4, 0.5) is 0 Å². The van der Waals surface area contributed by atoms with Crippen LogP contribution in [-0.4, -0.2) is 47.5 Å². The standard InChI is InChI=1S/C11H13NO6/c1-17-10(15)7-6(4-3-5-12-7)8(13)9(14)11(16)18-2/h3-5,8-9,13-14H,1-2H3. The number of aliphatic hydroxyl groups excluding tert-OH is 2. The number of carbonyl (C=O) groups excluding carboxylic acids is 2. The summed E-state index contributed by atoms with van der Waals surface area (Å²) in [5.41, 5.74) is -0.183. The maximum atomic E-state index is 11.4. The molecule has 7 heteroatoms. The maximum absolute atomic E-state index is 11.4. The number of ether oxygens (including phenoxy) is 2. The van der Waals surface area contributed by atoms with Gasteiger partial charge in [-0.25, -0.2) is 14.6 Å². The van der Waals surface area contributed by atoms with E-state index in [2.05, 4.69) is 14.5 Å². The third-order valence-electron chi connectivity index (χ3n) is 2.28. The molecule has 1 rings (SSSR count). The summed E-state index contributed by atoms with van der Waals surface area (Å²) in [6.45, 7) is 0. The largest absolute Gasteiger partial charge is 0.467 e. The Hall–Kier alpha value is -1.99. The van der Waals surface area contributed by atoms with Crippen molar-refractivity contribution in [3.8, 4) is 0 Å². The van der Waals surface area contributed by atoms with Gasteiger partial charge in [0.15, 0.2) is 11.8 Å². The van der Waals surface area contributed by atoms with Crippen molar-refractivity contribution in [1.82, 2.24) is 4.98 Å². The number of hydrogen-bond acceptors (Lipinski definition) is 7. The van der Waals surface area contributed by atoms with Gasteiger partial charge in [0.2, 0.25) is 0 Å². The van der Waals surface area contributed by atoms with E-state index in [1.165, 1.54) is 18.3 Å². The summed E-state index contributed by atoms with van der Waals surface area (Å²) in [7, 11) is 2.23. The molecule has 0 saturated carbocycles. The van der Waals surface area contributed by atoms with Gasteiger partial charge >= 0.3 is 11.9 Å². The topological polar surface area (TPSA) is 106 Å². The van der Waals surface area contributed by atoms with Gasteiger partial charge in [-0.15, -0.1) is 0 Å². The number of aliphatic hydroxyl groups is 2. The lowest BCUT2D eigenvalue weighted by atomic mass is 10.0. The minimum Gasteiger partial charge on any atom is -0.467 e. The molecular formula is C11H13NO6. The van der Waals surface area contributed by atoms with Crippen LogP contribution in [0.5, 0.6) is 0 Å². The molecule has 18 heavy (non-hydrogen) atoms. The molecule has 1 heterocycles. The Bertz CT molecular complexity index is 447. The molecule has 0 fully saturated rings. The van der Waals surface area contributed by atoms with Gasteiger partial charge in [0.25, 0.3) is 0 Å². The molecule has 0 aliphatic carbocycles. The van der Waals surface area contributed by atoms with Gasteiger partial charge in [0.05, 0.1) is 14.2 Å². The van der Waals surface area contributed by atoms with Crippen molar-refractivity contribution in [2.45, 2.75) is 12.2 Å². The fourth-order valence-corrected chi connectivity index (χ4v) is 1.34. The van der Waals surface area contributed by atoms with Crippen LogP contribution in [-0.2, 0) is 14.3 Å². The van der Waals surface area contributed by atoms with E-state index >= 15 is 0 Å². The van der Waals surface area contributed by atoms with Gasteiger partial charge in [0.1, 0.15) is 6.10 Å². The van der Waals surface area contributed by atoms with Crippen LogP contribution in [0.15, 0.2) is 18.3 Å². The first-order chi connectivity index (χ1) is 8.52. The first kappa shape index (κ1) is 14.1. The quantitative estimate of drug-likeness (QED) is 0.694. The summed E-state index contributed by atoms with van der Waals surface area (Å²) in [5.74, 6) is -1.79. The number of rotatable bonds is 4. The SMILES string of the molecule is COC(=O)c1ncccc1C(O)C(O)C(=O)OC. The van der Waals surface area contributed by atoms with Gasteiger partial charge in [-0.3, -0.25) is 0 Å². The number of carbonyl (C=O) groups is 2. The Balaban J connectivity index is 3.09. The normalized spacial score (nSPS) is 13.6. The third kappa shape index (κ3) is 2.82. The lowest BCUT2D eigenvalue weighted by Gasteiger charge is -2.17. The number of esters is 2. The van der Waals surface area contributed by atoms with Crippen molar-refractivity contribution in [3.05, 3.63) is 29.6 Å². The molecule has 2 N–H and O–H groups in total. The first-order valence-electron chi connectivity index (χ1n) is 5.00. The lowest BCUT2D eigenvalue weighted by molar-refractivity contribution is -0.156. The van der Waals surface area contributed by atoms with Crippen molar-refractivity contribution in [3.63, 3.8) is 0 Å². The summed E-state index contributed by atoms with van der Waals surface area (Å²) in [6.07, 6.45) is -2.10. The Kier molecular flexibility index (Phi) is 4.75. The zero-order chi connectivity index (χ0) is 13.7. The van der Waals surface area contributed by atoms with Crippen molar-refractivity contribution in [2.24, 2.45) is 0 Å². The van der Waals surface area contributed by atoms with E-state index in [4.69, 9.17) is 0 Å². The van der Waals surface area contributed by atoms with Crippen LogP contribution in [0, 0.1) is 0 Å². The van der Waals surface area contributed by atoms with Crippen molar-refractivity contribution in [2.75, 3.05) is 14.2 Å².